The molecule has 0 aliphatic heterocycles. The molecule has 0 bridgehead atoms. The molecular weight excluding hydrogens is 1500 g/mol. The molecule has 0 aliphatic rings. The van der Waals surface area contributed by atoms with E-state index in [0.717, 1.165) is 71.0 Å². The summed E-state index contributed by atoms with van der Waals surface area (Å²) in [6.45, 7) is 51.0. The van der Waals surface area contributed by atoms with E-state index < -0.39 is 16.4 Å². The van der Waals surface area contributed by atoms with E-state index in [2.05, 4.69) is 96.8 Å². The van der Waals surface area contributed by atoms with Crippen LogP contribution < -0.4 is 43.2 Å². The number of nitrogens with zero attached hydrogens (tertiary/aromatic N) is 4. The van der Waals surface area contributed by atoms with Gasteiger partial charge in [0.05, 0.1) is 74.4 Å². The molecule has 1 heterocycles. The number of aromatic nitrogens is 1. The predicted octanol–water partition coefficient (Wildman–Crippen LogP) is 24.2. The average Bonchev–Trinajstić information content (AvgIpc) is 0.809. The number of benzene rings is 7. The van der Waals surface area contributed by atoms with E-state index >= 15 is 0 Å². The van der Waals surface area contributed by atoms with Crippen molar-refractivity contribution in [2.24, 2.45) is 0 Å². The smallest absolute Gasteiger partial charge is 0.387 e. The summed E-state index contributed by atoms with van der Waals surface area (Å²) in [5, 5.41) is 21.6. The Morgan fingerprint density at radius 3 is 1.23 bits per heavy atom. The molecule has 8 rings (SSSR count). The van der Waals surface area contributed by atoms with E-state index in [0.29, 0.717) is 50.9 Å². The predicted molar refractivity (Wildman–Crippen MR) is 432 cm³/mol. The first-order valence-corrected chi connectivity index (χ1v) is 38.3. The van der Waals surface area contributed by atoms with Crippen LogP contribution in [0.15, 0.2) is 153 Å². The van der Waals surface area contributed by atoms with Gasteiger partial charge in [-0.1, -0.05) is 54.1 Å². The number of hydrogen-bond donors (Lipinski definition) is 1. The maximum Gasteiger partial charge on any atom is 0.387 e. The van der Waals surface area contributed by atoms with Crippen LogP contribution in [0.25, 0.3) is 4.85 Å². The molecule has 570 valence electrons. The van der Waals surface area contributed by atoms with Gasteiger partial charge in [-0.3, -0.25) is 0 Å². The van der Waals surface area contributed by atoms with Crippen LogP contribution in [0, 0.1) is 84.6 Å². The number of anilines is 1. The van der Waals surface area contributed by atoms with Crippen LogP contribution in [0.1, 0.15) is 166 Å². The topological polar surface area (TPSA) is 185 Å². The SMILES string of the molecule is Cc1ccc(OC(C)C)c(Br)c1.Cc1ccc(OC(C)C)c(C#N)c1.Cc1ccc(OC(C)C)c(C#N)c1.Cc1ccc(OC(C)C)c(Cl)c1.Cc1ccc(OC(C)C)c(OC(F)F)c1.Cc1ccc(OC(C)C)c(S(C)(=O)=O)c1.Cc1cnc(NC(C)C)c(Br)c1.[C-]#[N+]c1cc(OC(C)C)ccc1C. The number of sulfone groups is 1. The summed E-state index contributed by atoms with van der Waals surface area (Å²) in [7, 11) is -3.23. The number of hydrogen-bond acceptors (Lipinski definition) is 14. The van der Waals surface area contributed by atoms with Crippen molar-refractivity contribution in [3.63, 3.8) is 0 Å². The summed E-state index contributed by atoms with van der Waals surface area (Å²) in [5.41, 5.74) is 10.3. The van der Waals surface area contributed by atoms with Crippen LogP contribution in [-0.4, -0.2) is 75.0 Å². The zero-order valence-electron chi connectivity index (χ0n) is 65.6. The second-order valence-corrected chi connectivity index (χ2v) is 30.6. The number of nitriles is 2. The summed E-state index contributed by atoms with van der Waals surface area (Å²) in [6, 6.07) is 45.5. The minimum absolute atomic E-state index is 0.0341. The molecule has 1 aromatic heterocycles. The number of halogens is 5. The van der Waals surface area contributed by atoms with Crippen molar-refractivity contribution in [3.8, 4) is 58.1 Å². The minimum Gasteiger partial charge on any atom is -0.492 e. The lowest BCUT2D eigenvalue weighted by Crippen LogP contribution is -2.11. The number of ether oxygens (including phenoxy) is 8. The van der Waals surface area contributed by atoms with Crippen molar-refractivity contribution in [1.29, 1.82) is 10.5 Å². The van der Waals surface area contributed by atoms with Crippen molar-refractivity contribution < 1.29 is 55.1 Å². The molecule has 0 unspecified atom stereocenters. The fourth-order valence-corrected chi connectivity index (χ4v) is 10.8. The third kappa shape index (κ3) is 40.5. The molecule has 1 N–H and O–H groups in total. The van der Waals surface area contributed by atoms with Crippen LogP contribution in [0.5, 0.6) is 46.0 Å². The fourth-order valence-electron chi connectivity index (χ4n) is 8.47. The van der Waals surface area contributed by atoms with Gasteiger partial charge in [0, 0.05) is 18.5 Å². The highest BCUT2D eigenvalue weighted by Crippen LogP contribution is 2.33. The summed E-state index contributed by atoms with van der Waals surface area (Å²) in [5.74, 6) is 5.55. The number of nitrogens with one attached hydrogen (secondary N) is 1. The number of pyridine rings is 1. The summed E-state index contributed by atoms with van der Waals surface area (Å²) in [6.07, 6.45) is 3.70. The Morgan fingerprint density at radius 2 is 0.819 bits per heavy atom. The van der Waals surface area contributed by atoms with Crippen LogP contribution in [0.3, 0.4) is 0 Å². The Balaban J connectivity index is 0.000000601. The number of rotatable bonds is 19. The summed E-state index contributed by atoms with van der Waals surface area (Å²) >= 11 is 12.8. The van der Waals surface area contributed by atoms with Gasteiger partial charge in [0.1, 0.15) is 57.3 Å². The third-order valence-corrected chi connectivity index (χ3v) is 15.4. The molecule has 105 heavy (non-hydrogen) atoms. The van der Waals surface area contributed by atoms with Gasteiger partial charge in [0.25, 0.3) is 0 Å². The van der Waals surface area contributed by atoms with Crippen LogP contribution in [-0.2, 0) is 9.84 Å². The summed E-state index contributed by atoms with van der Waals surface area (Å²) < 4.78 is 91.8. The highest BCUT2D eigenvalue weighted by Gasteiger charge is 2.17. The number of alkyl halides is 2. The maximum atomic E-state index is 12.1. The standard InChI is InChI=1S/C11H14F2O2.3C11H13NO.C11H16O3S.C10H13BrO.C10H13ClO.C9H13BrN2/c1-7(2)14-9-5-4-8(3)6-10(9)15-11(12)13;1-8(2)13-10-6-5-9(3)11(7-10)12-4;2*1-8(2)13-11-5-4-9(3)6-10(11)7-12;1-8(2)14-10-6-5-9(3)7-11(10)15(4,12)13;2*1-7(2)12-10-5-4-8(3)6-9(10)11;1-6(2)12-9-8(10)4-7(3)5-11-9/h4-7,11H,1-3H3;5-8H,1-3H3;2*4-6,8H,1-3H3;5-8H,1-4H3;2*4-7H,1-3H3;4-6H,1-3H3,(H,11,12). The van der Waals surface area contributed by atoms with E-state index in [9.17, 15) is 17.2 Å². The lowest BCUT2D eigenvalue weighted by atomic mass is 10.1. The Hall–Kier alpha value is -8.58. The molecule has 0 atom stereocenters. The van der Waals surface area contributed by atoms with Gasteiger partial charge in [-0.2, -0.15) is 19.3 Å². The van der Waals surface area contributed by atoms with E-state index in [4.69, 9.17) is 61.9 Å². The molecule has 0 fully saturated rings. The second kappa shape index (κ2) is 48.5. The molecule has 0 spiro atoms. The van der Waals surface area contributed by atoms with Crippen molar-refractivity contribution >= 4 is 64.8 Å². The Bertz CT molecular complexity index is 4000. The molecule has 0 saturated heterocycles. The minimum atomic E-state index is -3.23. The highest BCUT2D eigenvalue weighted by atomic mass is 79.9. The van der Waals surface area contributed by atoms with E-state index in [1.807, 2.05) is 230 Å². The van der Waals surface area contributed by atoms with Gasteiger partial charge in [-0.15, -0.1) is 0 Å². The molecule has 0 saturated carbocycles. The van der Waals surface area contributed by atoms with Gasteiger partial charge in [0.2, 0.25) is 0 Å². The van der Waals surface area contributed by atoms with Gasteiger partial charge in [-0.05, 0) is 334 Å². The Morgan fingerprint density at radius 1 is 0.448 bits per heavy atom. The zero-order valence-corrected chi connectivity index (χ0v) is 70.4. The normalized spacial score (nSPS) is 10.4. The van der Waals surface area contributed by atoms with Gasteiger partial charge < -0.3 is 43.2 Å². The molecule has 8 aromatic rings. The average molecular weight is 1610 g/mol. The Labute approximate surface area is 647 Å². The van der Waals surface area contributed by atoms with Gasteiger partial charge in [0.15, 0.2) is 27.0 Å². The number of aryl methyl sites for hydroxylation is 8. The van der Waals surface area contributed by atoms with Crippen molar-refractivity contribution in [1.82, 2.24) is 4.98 Å². The monoisotopic (exact) mass is 1610 g/mol. The van der Waals surface area contributed by atoms with Gasteiger partial charge >= 0.3 is 6.61 Å². The molecule has 0 amide bonds. The Kier molecular flexibility index (Phi) is 43.6. The van der Waals surface area contributed by atoms with Crippen LogP contribution >= 0.6 is 43.5 Å². The van der Waals surface area contributed by atoms with E-state index in [-0.39, 0.29) is 53.4 Å². The van der Waals surface area contributed by atoms with Crippen LogP contribution in [0.4, 0.5) is 20.3 Å². The first-order valence-electron chi connectivity index (χ1n) is 34.4. The second-order valence-electron chi connectivity index (χ2n) is 26.5. The molecule has 0 radical (unpaired) electrons. The maximum absolute atomic E-state index is 12.1. The van der Waals surface area contributed by atoms with Crippen molar-refractivity contribution in [2.45, 2.75) is 226 Å². The fraction of sp³-hybridized carbons (Fsp3) is 0.405. The molecule has 15 nitrogen and oxygen atoms in total. The quantitative estimate of drug-likeness (QED) is 0.0754. The van der Waals surface area contributed by atoms with Crippen molar-refractivity contribution in [2.75, 3.05) is 11.6 Å². The van der Waals surface area contributed by atoms with Crippen molar-refractivity contribution in [3.05, 3.63) is 221 Å². The zero-order chi connectivity index (χ0) is 80.0. The van der Waals surface area contributed by atoms with E-state index in [1.54, 1.807) is 37.3 Å². The van der Waals surface area contributed by atoms with E-state index in [1.165, 1.54) is 17.9 Å². The lowest BCUT2D eigenvalue weighted by molar-refractivity contribution is -0.0519. The third-order valence-electron chi connectivity index (χ3n) is 12.8. The highest BCUT2D eigenvalue weighted by molar-refractivity contribution is 9.11. The molecular formula is C84H108Br2ClF2N5O10S. The van der Waals surface area contributed by atoms with Gasteiger partial charge in [-0.25, -0.2) is 18.2 Å². The molecule has 21 heteroatoms. The molecule has 0 aliphatic carbocycles. The lowest BCUT2D eigenvalue weighted by Gasteiger charge is -2.14. The van der Waals surface area contributed by atoms with Crippen LogP contribution in [0.2, 0.25) is 5.02 Å². The summed E-state index contributed by atoms with van der Waals surface area (Å²) in [4.78, 5) is 7.93. The largest absolute Gasteiger partial charge is 0.492 e. The first-order chi connectivity index (χ1) is 49.0. The molecule has 7 aromatic carbocycles. The first kappa shape index (κ1) is 94.4.